The lowest BCUT2D eigenvalue weighted by Gasteiger charge is -2.30. The van der Waals surface area contributed by atoms with E-state index in [4.69, 9.17) is 0 Å². The smallest absolute Gasteiger partial charge is 0.357 e. The molecule has 2 saturated carbocycles. The molecule has 0 saturated heterocycles. The summed E-state index contributed by atoms with van der Waals surface area (Å²) >= 11 is 0. The number of aromatic nitrogens is 1. The largest absolute Gasteiger partial charge is 0.412 e. The molecule has 1 aromatic rings. The molecule has 3 rings (SSSR count). The highest BCUT2D eigenvalue weighted by atomic mass is 19.4. The topological polar surface area (TPSA) is 63.1 Å². The van der Waals surface area contributed by atoms with Crippen LogP contribution in [0, 0.1) is 11.8 Å². The lowest BCUT2D eigenvalue weighted by Crippen LogP contribution is -2.44. The molecule has 1 aromatic heterocycles. The van der Waals surface area contributed by atoms with Crippen LogP contribution in [0.5, 0.6) is 0 Å². The van der Waals surface area contributed by atoms with E-state index in [0.29, 0.717) is 38.0 Å². The first-order chi connectivity index (χ1) is 14.2. The van der Waals surface area contributed by atoms with Gasteiger partial charge in [0.25, 0.3) is 0 Å². The average Bonchev–Trinajstić information content (AvgIpc) is 3.12. The van der Waals surface area contributed by atoms with Crippen molar-refractivity contribution in [3.05, 3.63) is 24.0 Å². The summed E-state index contributed by atoms with van der Waals surface area (Å²) in [5.41, 5.74) is 0.0296. The van der Waals surface area contributed by atoms with E-state index in [9.17, 15) is 22.8 Å². The summed E-state index contributed by atoms with van der Waals surface area (Å²) in [6.45, 7) is 0. The zero-order chi connectivity index (χ0) is 21.7. The summed E-state index contributed by atoms with van der Waals surface area (Å²) in [6, 6.07) is -0.617. The Morgan fingerprint density at radius 3 is 2.33 bits per heavy atom. The highest BCUT2D eigenvalue weighted by Gasteiger charge is 2.43. The molecule has 1 atom stereocenters. The van der Waals surface area contributed by atoms with Crippen molar-refractivity contribution < 1.29 is 22.8 Å². The fraction of sp³-hybridized carbons (Fsp3) is 0.727. The van der Waals surface area contributed by atoms with Gasteiger partial charge in [0.15, 0.2) is 6.04 Å². The number of carbonyl (C=O) groups is 2. The highest BCUT2D eigenvalue weighted by molar-refractivity contribution is 5.79. The quantitative estimate of drug-likeness (QED) is 0.707. The van der Waals surface area contributed by atoms with Crippen molar-refractivity contribution in [3.63, 3.8) is 0 Å². The number of halogens is 3. The van der Waals surface area contributed by atoms with E-state index in [1.807, 2.05) is 0 Å². The lowest BCUT2D eigenvalue weighted by atomic mass is 9.84. The van der Waals surface area contributed by atoms with Crippen LogP contribution >= 0.6 is 0 Å². The van der Waals surface area contributed by atoms with E-state index >= 15 is 0 Å². The van der Waals surface area contributed by atoms with E-state index in [1.54, 1.807) is 7.05 Å². The first-order valence-corrected chi connectivity index (χ1v) is 11.0. The molecule has 2 fully saturated rings. The molecule has 0 spiro atoms. The van der Waals surface area contributed by atoms with Gasteiger partial charge in [-0.05, 0) is 50.5 Å². The van der Waals surface area contributed by atoms with Crippen molar-refractivity contribution >= 4 is 11.8 Å². The van der Waals surface area contributed by atoms with Crippen molar-refractivity contribution in [2.45, 2.75) is 82.5 Å². The van der Waals surface area contributed by atoms with E-state index in [2.05, 4.69) is 10.6 Å². The van der Waals surface area contributed by atoms with Crippen LogP contribution in [-0.2, 0) is 16.6 Å². The number of nitrogens with one attached hydrogen (secondary N) is 2. The molecule has 1 heterocycles. The number of alkyl halides is 3. The third-order valence-electron chi connectivity index (χ3n) is 6.46. The predicted molar refractivity (Wildman–Crippen MR) is 107 cm³/mol. The average molecular weight is 428 g/mol. The molecule has 0 radical (unpaired) electrons. The third kappa shape index (κ3) is 6.25. The molecule has 0 aromatic carbocycles. The summed E-state index contributed by atoms with van der Waals surface area (Å²) in [4.78, 5) is 24.8. The minimum Gasteiger partial charge on any atom is -0.357 e. The van der Waals surface area contributed by atoms with Gasteiger partial charge in [-0.15, -0.1) is 0 Å². The normalized spacial score (nSPS) is 24.3. The van der Waals surface area contributed by atoms with Crippen molar-refractivity contribution in [1.82, 2.24) is 15.2 Å². The van der Waals surface area contributed by atoms with Crippen LogP contribution in [0.4, 0.5) is 13.2 Å². The van der Waals surface area contributed by atoms with E-state index in [-0.39, 0.29) is 17.5 Å². The summed E-state index contributed by atoms with van der Waals surface area (Å²) in [7, 11) is 1.64. The Hall–Kier alpha value is -1.99. The number of rotatable bonds is 6. The monoisotopic (exact) mass is 427 g/mol. The van der Waals surface area contributed by atoms with Crippen LogP contribution in [0.25, 0.3) is 0 Å². The maximum atomic E-state index is 13.5. The summed E-state index contributed by atoms with van der Waals surface area (Å²) in [5.74, 6) is -0.479. The fourth-order valence-corrected chi connectivity index (χ4v) is 4.75. The first kappa shape index (κ1) is 22.7. The summed E-state index contributed by atoms with van der Waals surface area (Å²) in [6.07, 6.45) is 6.99. The first-order valence-electron chi connectivity index (χ1n) is 11.0. The van der Waals surface area contributed by atoms with Gasteiger partial charge < -0.3 is 15.2 Å². The maximum absolute atomic E-state index is 13.5. The molecule has 2 aliphatic rings. The standard InChI is InChI=1S/C22H32F3N3O2/c1-28-12-11-17(14-28)20(22(23,24)25)27-21(30)16-7-9-18(10-8-16)26-19(29)13-15-5-3-2-4-6-15/h11-12,14-16,18,20H,2-10,13H2,1H3,(H,26,29)(H,27,30)/t16?,18?,20-/m0/s1. The van der Waals surface area contributed by atoms with Crippen molar-refractivity contribution in [1.29, 1.82) is 0 Å². The summed E-state index contributed by atoms with van der Waals surface area (Å²) in [5, 5.41) is 5.27. The van der Waals surface area contributed by atoms with Gasteiger partial charge in [-0.1, -0.05) is 19.3 Å². The van der Waals surface area contributed by atoms with Gasteiger partial charge in [0.05, 0.1) is 0 Å². The predicted octanol–water partition coefficient (Wildman–Crippen LogP) is 4.39. The van der Waals surface area contributed by atoms with E-state index in [1.165, 1.54) is 42.3 Å². The molecule has 5 nitrogen and oxygen atoms in total. The van der Waals surface area contributed by atoms with Crippen LogP contribution in [-0.4, -0.2) is 28.6 Å². The molecule has 2 aliphatic carbocycles. The highest BCUT2D eigenvalue weighted by Crippen LogP contribution is 2.34. The molecular weight excluding hydrogens is 395 g/mol. The Bertz CT molecular complexity index is 717. The van der Waals surface area contributed by atoms with Crippen LogP contribution in [0.3, 0.4) is 0 Å². The molecule has 30 heavy (non-hydrogen) atoms. The second-order valence-electron chi connectivity index (χ2n) is 8.92. The van der Waals surface area contributed by atoms with Gasteiger partial charge in [-0.2, -0.15) is 13.2 Å². The SMILES string of the molecule is Cn1ccc([C@H](NC(=O)C2CCC(NC(=O)CC3CCCCC3)CC2)C(F)(F)F)c1. The molecule has 0 unspecified atom stereocenters. The van der Waals surface area contributed by atoms with Crippen LogP contribution in [0.2, 0.25) is 0 Å². The second kappa shape index (κ2) is 9.88. The zero-order valence-corrected chi connectivity index (χ0v) is 17.5. The third-order valence-corrected chi connectivity index (χ3v) is 6.46. The van der Waals surface area contributed by atoms with Crippen molar-refractivity contribution in [2.75, 3.05) is 0 Å². The molecule has 0 bridgehead atoms. The number of carbonyl (C=O) groups excluding carboxylic acids is 2. The van der Waals surface area contributed by atoms with Gasteiger partial charge in [-0.25, -0.2) is 0 Å². The molecular formula is C22H32F3N3O2. The number of amides is 2. The maximum Gasteiger partial charge on any atom is 0.412 e. The molecule has 0 aliphatic heterocycles. The van der Waals surface area contributed by atoms with Gasteiger partial charge in [0, 0.05) is 43.4 Å². The van der Waals surface area contributed by atoms with Gasteiger partial charge in [0.2, 0.25) is 11.8 Å². The minimum absolute atomic E-state index is 0.0117. The summed E-state index contributed by atoms with van der Waals surface area (Å²) < 4.78 is 41.9. The zero-order valence-electron chi connectivity index (χ0n) is 17.5. The Labute approximate surface area is 175 Å². The van der Waals surface area contributed by atoms with Crippen LogP contribution < -0.4 is 10.6 Å². The Morgan fingerprint density at radius 1 is 1.10 bits per heavy atom. The van der Waals surface area contributed by atoms with E-state index in [0.717, 1.165) is 12.8 Å². The lowest BCUT2D eigenvalue weighted by molar-refractivity contribution is -0.165. The van der Waals surface area contributed by atoms with Crippen LogP contribution in [0.15, 0.2) is 18.5 Å². The Balaban J connectivity index is 1.46. The van der Waals surface area contributed by atoms with E-state index < -0.39 is 24.0 Å². The number of nitrogens with zero attached hydrogens (tertiary/aromatic N) is 1. The van der Waals surface area contributed by atoms with Gasteiger partial charge >= 0.3 is 6.18 Å². The Morgan fingerprint density at radius 2 is 1.77 bits per heavy atom. The second-order valence-corrected chi connectivity index (χ2v) is 8.92. The number of aryl methyl sites for hydroxylation is 1. The number of hydrogen-bond donors (Lipinski definition) is 2. The van der Waals surface area contributed by atoms with Gasteiger partial charge in [-0.3, -0.25) is 9.59 Å². The molecule has 8 heteroatoms. The minimum atomic E-state index is -4.55. The van der Waals surface area contributed by atoms with Crippen molar-refractivity contribution in [2.24, 2.45) is 18.9 Å². The molecule has 2 N–H and O–H groups in total. The number of hydrogen-bond acceptors (Lipinski definition) is 2. The molecule has 168 valence electrons. The fourth-order valence-electron chi connectivity index (χ4n) is 4.75. The van der Waals surface area contributed by atoms with Gasteiger partial charge in [0.1, 0.15) is 0 Å². The van der Waals surface area contributed by atoms with Crippen LogP contribution in [0.1, 0.15) is 75.8 Å². The Kier molecular flexibility index (Phi) is 7.47. The van der Waals surface area contributed by atoms with Crippen molar-refractivity contribution in [3.8, 4) is 0 Å². The molecule has 2 amide bonds.